The van der Waals surface area contributed by atoms with E-state index in [1.54, 1.807) is 9.58 Å². The van der Waals surface area contributed by atoms with Crippen LogP contribution in [0, 0.1) is 11.8 Å². The molecule has 138 valence electrons. The van der Waals surface area contributed by atoms with Crippen molar-refractivity contribution in [3.63, 3.8) is 0 Å². The molecule has 1 aromatic heterocycles. The Balaban J connectivity index is 1.49. The molecular weight excluding hydrogens is 332 g/mol. The minimum absolute atomic E-state index is 0.192. The Morgan fingerprint density at radius 2 is 2.00 bits per heavy atom. The lowest BCUT2D eigenvalue weighted by atomic mass is 9.91. The Hall–Kier alpha value is -2.83. The Morgan fingerprint density at radius 1 is 1.23 bits per heavy atom. The summed E-state index contributed by atoms with van der Waals surface area (Å²) in [5.74, 6) is -1.12. The molecule has 1 saturated heterocycles. The molecule has 2 N–H and O–H groups in total. The van der Waals surface area contributed by atoms with Crippen LogP contribution < -0.4 is 5.32 Å². The van der Waals surface area contributed by atoms with Crippen LogP contribution in [0.1, 0.15) is 19.0 Å². The minimum Gasteiger partial charge on any atom is -0.481 e. The number of carbonyl (C=O) groups excluding carboxylic acids is 1. The van der Waals surface area contributed by atoms with Gasteiger partial charge < -0.3 is 15.3 Å². The lowest BCUT2D eigenvalue weighted by Crippen LogP contribution is -2.49. The zero-order valence-corrected chi connectivity index (χ0v) is 14.8. The highest BCUT2D eigenvalue weighted by atomic mass is 16.4. The molecule has 1 aromatic carbocycles. The molecule has 2 aromatic rings. The van der Waals surface area contributed by atoms with E-state index >= 15 is 0 Å². The van der Waals surface area contributed by atoms with Crippen molar-refractivity contribution in [3.8, 4) is 5.69 Å². The number of aliphatic carboxylic acids is 1. The van der Waals surface area contributed by atoms with Crippen LogP contribution in [-0.2, 0) is 11.2 Å². The second-order valence-electron chi connectivity index (χ2n) is 6.85. The Morgan fingerprint density at radius 3 is 2.73 bits per heavy atom. The van der Waals surface area contributed by atoms with Crippen molar-refractivity contribution in [1.82, 2.24) is 20.0 Å². The SMILES string of the molecule is CC1CC(C(=O)O)CN(C(=O)NCCc2ccn(-c3ccccc3)n2)C1. The van der Waals surface area contributed by atoms with Gasteiger partial charge >= 0.3 is 12.0 Å². The van der Waals surface area contributed by atoms with Gasteiger partial charge in [0.1, 0.15) is 0 Å². The molecule has 1 aliphatic heterocycles. The fourth-order valence-corrected chi connectivity index (χ4v) is 3.33. The predicted octanol–water partition coefficient (Wildman–Crippen LogP) is 2.17. The molecule has 1 aliphatic rings. The van der Waals surface area contributed by atoms with Crippen molar-refractivity contribution in [1.29, 1.82) is 0 Å². The normalized spacial score (nSPS) is 20.0. The number of hydrogen-bond donors (Lipinski definition) is 2. The molecule has 0 bridgehead atoms. The number of amides is 2. The maximum absolute atomic E-state index is 12.3. The van der Waals surface area contributed by atoms with Gasteiger partial charge in [-0.3, -0.25) is 4.79 Å². The van der Waals surface area contributed by atoms with Crippen molar-refractivity contribution in [2.45, 2.75) is 19.8 Å². The van der Waals surface area contributed by atoms with E-state index in [4.69, 9.17) is 0 Å². The maximum Gasteiger partial charge on any atom is 0.317 e. The molecule has 26 heavy (non-hydrogen) atoms. The number of hydrogen-bond acceptors (Lipinski definition) is 3. The smallest absolute Gasteiger partial charge is 0.317 e. The first-order chi connectivity index (χ1) is 12.5. The Labute approximate surface area is 152 Å². The van der Waals surface area contributed by atoms with Crippen molar-refractivity contribution >= 4 is 12.0 Å². The molecule has 7 heteroatoms. The van der Waals surface area contributed by atoms with Gasteiger partial charge in [-0.2, -0.15) is 5.10 Å². The largest absolute Gasteiger partial charge is 0.481 e. The minimum atomic E-state index is -0.833. The molecule has 2 unspecified atom stereocenters. The van der Waals surface area contributed by atoms with Crippen LogP contribution in [0.25, 0.3) is 5.69 Å². The van der Waals surface area contributed by atoms with E-state index in [-0.39, 0.29) is 18.5 Å². The van der Waals surface area contributed by atoms with Gasteiger partial charge in [0.25, 0.3) is 0 Å². The number of rotatable bonds is 5. The molecule has 0 spiro atoms. The van der Waals surface area contributed by atoms with E-state index in [1.807, 2.05) is 49.5 Å². The summed E-state index contributed by atoms with van der Waals surface area (Å²) in [6, 6.07) is 11.6. The second-order valence-corrected chi connectivity index (χ2v) is 6.85. The van der Waals surface area contributed by atoms with E-state index in [1.165, 1.54) is 0 Å². The summed E-state index contributed by atoms with van der Waals surface area (Å²) in [7, 11) is 0. The van der Waals surface area contributed by atoms with Crippen molar-refractivity contribution in [3.05, 3.63) is 48.3 Å². The molecule has 0 radical (unpaired) electrons. The fourth-order valence-electron chi connectivity index (χ4n) is 3.33. The standard InChI is InChI=1S/C19H24N4O3/c1-14-11-15(18(24)25)13-22(12-14)19(26)20-9-7-16-8-10-23(21-16)17-5-3-2-4-6-17/h2-6,8,10,14-15H,7,9,11-13H2,1H3,(H,20,26)(H,24,25). The molecular formula is C19H24N4O3. The summed E-state index contributed by atoms with van der Waals surface area (Å²) >= 11 is 0. The van der Waals surface area contributed by atoms with Crippen molar-refractivity contribution in [2.75, 3.05) is 19.6 Å². The van der Waals surface area contributed by atoms with Crippen molar-refractivity contribution in [2.24, 2.45) is 11.8 Å². The van der Waals surface area contributed by atoms with Gasteiger partial charge in [0.05, 0.1) is 17.3 Å². The third-order valence-electron chi connectivity index (χ3n) is 4.62. The number of carboxylic acid groups (broad SMARTS) is 1. The number of carbonyl (C=O) groups is 2. The van der Waals surface area contributed by atoms with Crippen LogP contribution in [-0.4, -0.2) is 51.4 Å². The van der Waals surface area contributed by atoms with E-state index < -0.39 is 11.9 Å². The Bertz CT molecular complexity index is 759. The number of likely N-dealkylation sites (tertiary alicyclic amines) is 1. The van der Waals surface area contributed by atoms with Crippen LogP contribution in [0.3, 0.4) is 0 Å². The van der Waals surface area contributed by atoms with E-state index in [9.17, 15) is 14.7 Å². The molecule has 0 saturated carbocycles. The summed E-state index contributed by atoms with van der Waals surface area (Å²) in [6.45, 7) is 3.31. The van der Waals surface area contributed by atoms with Crippen molar-refractivity contribution < 1.29 is 14.7 Å². The van der Waals surface area contributed by atoms with Gasteiger partial charge in [0.2, 0.25) is 0 Å². The van der Waals surface area contributed by atoms with Gasteiger partial charge in [-0.05, 0) is 30.5 Å². The van der Waals surface area contributed by atoms with Crippen LogP contribution in [0.2, 0.25) is 0 Å². The number of nitrogens with one attached hydrogen (secondary N) is 1. The molecule has 2 atom stereocenters. The van der Waals surface area contributed by atoms with E-state index in [0.717, 1.165) is 11.4 Å². The van der Waals surface area contributed by atoms with E-state index in [2.05, 4.69) is 10.4 Å². The Kier molecular flexibility index (Phi) is 5.55. The predicted molar refractivity (Wildman–Crippen MR) is 97.1 cm³/mol. The lowest BCUT2D eigenvalue weighted by Gasteiger charge is -2.34. The first-order valence-electron chi connectivity index (χ1n) is 8.88. The monoisotopic (exact) mass is 356 g/mol. The highest BCUT2D eigenvalue weighted by Gasteiger charge is 2.31. The number of para-hydroxylation sites is 1. The second kappa shape index (κ2) is 8.03. The number of aromatic nitrogens is 2. The zero-order chi connectivity index (χ0) is 18.5. The van der Waals surface area contributed by atoms with Crippen LogP contribution >= 0.6 is 0 Å². The molecule has 0 aliphatic carbocycles. The number of urea groups is 1. The molecule has 2 heterocycles. The zero-order valence-electron chi connectivity index (χ0n) is 14.8. The van der Waals surface area contributed by atoms with Crippen LogP contribution in [0.15, 0.2) is 42.6 Å². The first kappa shape index (κ1) is 18.0. The highest BCUT2D eigenvalue weighted by molar-refractivity contribution is 5.76. The van der Waals surface area contributed by atoms with Gasteiger partial charge in [0, 0.05) is 32.3 Å². The quantitative estimate of drug-likeness (QED) is 0.859. The summed E-state index contributed by atoms with van der Waals surface area (Å²) in [5.41, 5.74) is 1.88. The molecule has 7 nitrogen and oxygen atoms in total. The molecule has 1 fully saturated rings. The average molecular weight is 356 g/mol. The van der Waals surface area contributed by atoms with Crippen LogP contribution in [0.5, 0.6) is 0 Å². The number of piperidine rings is 1. The summed E-state index contributed by atoms with van der Waals surface area (Å²) < 4.78 is 1.81. The third-order valence-corrected chi connectivity index (χ3v) is 4.62. The van der Waals surface area contributed by atoms with E-state index in [0.29, 0.717) is 25.9 Å². The fraction of sp³-hybridized carbons (Fsp3) is 0.421. The summed E-state index contributed by atoms with van der Waals surface area (Å²) in [4.78, 5) is 25.1. The van der Waals surface area contributed by atoms with Gasteiger partial charge in [0.15, 0.2) is 0 Å². The third kappa shape index (κ3) is 4.41. The number of benzene rings is 1. The summed E-state index contributed by atoms with van der Waals surface area (Å²) in [6.07, 6.45) is 3.14. The first-order valence-corrected chi connectivity index (χ1v) is 8.88. The summed E-state index contributed by atoms with van der Waals surface area (Å²) in [5, 5.41) is 16.6. The molecule has 3 rings (SSSR count). The number of carboxylic acids is 1. The number of nitrogens with zero attached hydrogens (tertiary/aromatic N) is 3. The van der Waals surface area contributed by atoms with Gasteiger partial charge in [-0.1, -0.05) is 25.1 Å². The highest BCUT2D eigenvalue weighted by Crippen LogP contribution is 2.21. The topological polar surface area (TPSA) is 87.5 Å². The van der Waals surface area contributed by atoms with Gasteiger partial charge in [-0.25, -0.2) is 9.48 Å². The maximum atomic E-state index is 12.3. The lowest BCUT2D eigenvalue weighted by molar-refractivity contribution is -0.143. The van der Waals surface area contributed by atoms with Gasteiger partial charge in [-0.15, -0.1) is 0 Å². The molecule has 2 amide bonds. The average Bonchev–Trinajstić information content (AvgIpc) is 3.10. The van der Waals surface area contributed by atoms with Crippen LogP contribution in [0.4, 0.5) is 4.79 Å².